The lowest BCUT2D eigenvalue weighted by Gasteiger charge is -2.26. The second kappa shape index (κ2) is 3.23. The van der Waals surface area contributed by atoms with Crippen molar-refractivity contribution >= 4 is 0 Å². The van der Waals surface area contributed by atoms with Crippen LogP contribution in [-0.2, 0) is 0 Å². The minimum absolute atomic E-state index is 0.367. The van der Waals surface area contributed by atoms with Crippen LogP contribution in [0.4, 0.5) is 0 Å². The second-order valence-electron chi connectivity index (χ2n) is 3.49. The number of rotatable bonds is 1. The molecule has 0 spiro atoms. The lowest BCUT2D eigenvalue weighted by molar-refractivity contribution is 0.319. The van der Waals surface area contributed by atoms with E-state index in [-0.39, 0.29) is 0 Å². The molecule has 1 aliphatic rings. The maximum absolute atomic E-state index is 5.88. The molecule has 1 saturated carbocycles. The van der Waals surface area contributed by atoms with Crippen LogP contribution in [-0.4, -0.2) is 20.8 Å². The largest absolute Gasteiger partial charge is 0.328 e. The first kappa shape index (κ1) is 7.73. The highest BCUT2D eigenvalue weighted by Crippen LogP contribution is 2.26. The normalized spacial score (nSPS) is 30.4. The average Bonchev–Trinajstić information content (AvgIpc) is 2.56. The zero-order chi connectivity index (χ0) is 8.39. The summed E-state index contributed by atoms with van der Waals surface area (Å²) in [6, 6.07) is 0.898. The summed E-state index contributed by atoms with van der Waals surface area (Å²) in [5, 5.41) is 7.59. The highest BCUT2D eigenvalue weighted by Gasteiger charge is 2.19. The fourth-order valence-corrected chi connectivity index (χ4v) is 1.87. The van der Waals surface area contributed by atoms with E-state index in [1.54, 1.807) is 12.7 Å². The molecule has 0 saturated heterocycles. The Morgan fingerprint density at radius 1 is 1.25 bits per heavy atom. The molecule has 2 rings (SSSR count). The van der Waals surface area contributed by atoms with E-state index in [1.807, 2.05) is 0 Å². The van der Waals surface area contributed by atoms with Crippen molar-refractivity contribution in [1.82, 2.24) is 14.8 Å². The van der Waals surface area contributed by atoms with Crippen LogP contribution in [0.3, 0.4) is 0 Å². The van der Waals surface area contributed by atoms with Gasteiger partial charge < -0.3 is 10.3 Å². The molecule has 2 N–H and O–H groups in total. The van der Waals surface area contributed by atoms with E-state index in [1.165, 1.54) is 19.3 Å². The Labute approximate surface area is 71.8 Å². The summed E-state index contributed by atoms with van der Waals surface area (Å²) in [6.45, 7) is 0. The number of nitrogens with zero attached hydrogens (tertiary/aromatic N) is 3. The van der Waals surface area contributed by atoms with Crippen molar-refractivity contribution in [3.8, 4) is 0 Å². The summed E-state index contributed by atoms with van der Waals surface area (Å²) in [5.74, 6) is 0. The molecule has 4 nitrogen and oxygen atoms in total. The quantitative estimate of drug-likeness (QED) is 0.668. The predicted molar refractivity (Wildman–Crippen MR) is 45.5 cm³/mol. The van der Waals surface area contributed by atoms with Gasteiger partial charge in [-0.25, -0.2) is 0 Å². The monoisotopic (exact) mass is 166 g/mol. The van der Waals surface area contributed by atoms with Crippen LogP contribution >= 0.6 is 0 Å². The maximum Gasteiger partial charge on any atom is 0.119 e. The van der Waals surface area contributed by atoms with Gasteiger partial charge in [0.05, 0.1) is 0 Å². The SMILES string of the molecule is N[C@H]1CCC[C@@H](n2cnnc2)C1. The summed E-state index contributed by atoms with van der Waals surface area (Å²) < 4.78 is 2.07. The Balaban J connectivity index is 2.04. The van der Waals surface area contributed by atoms with Gasteiger partial charge in [0.15, 0.2) is 0 Å². The molecule has 1 aliphatic carbocycles. The third-order valence-electron chi connectivity index (χ3n) is 2.55. The van der Waals surface area contributed by atoms with Gasteiger partial charge in [-0.05, 0) is 25.7 Å². The minimum atomic E-state index is 0.367. The molecule has 0 aromatic carbocycles. The molecule has 2 atom stereocenters. The van der Waals surface area contributed by atoms with Gasteiger partial charge in [-0.15, -0.1) is 10.2 Å². The molecule has 4 heteroatoms. The van der Waals surface area contributed by atoms with Crippen molar-refractivity contribution in [3.05, 3.63) is 12.7 Å². The van der Waals surface area contributed by atoms with E-state index in [0.29, 0.717) is 12.1 Å². The van der Waals surface area contributed by atoms with E-state index in [2.05, 4.69) is 14.8 Å². The van der Waals surface area contributed by atoms with Gasteiger partial charge in [-0.2, -0.15) is 0 Å². The summed E-state index contributed by atoms with van der Waals surface area (Å²) >= 11 is 0. The average molecular weight is 166 g/mol. The van der Waals surface area contributed by atoms with Crippen LogP contribution < -0.4 is 5.73 Å². The van der Waals surface area contributed by atoms with E-state index in [4.69, 9.17) is 5.73 Å². The number of hydrogen-bond acceptors (Lipinski definition) is 3. The molecule has 0 aliphatic heterocycles. The summed E-state index contributed by atoms with van der Waals surface area (Å²) in [7, 11) is 0. The smallest absolute Gasteiger partial charge is 0.119 e. The van der Waals surface area contributed by atoms with E-state index in [9.17, 15) is 0 Å². The molecular formula is C8H14N4. The molecule has 0 amide bonds. The topological polar surface area (TPSA) is 56.7 Å². The molecular weight excluding hydrogens is 152 g/mol. The zero-order valence-electron chi connectivity index (χ0n) is 7.06. The maximum atomic E-state index is 5.88. The first-order chi connectivity index (χ1) is 5.86. The van der Waals surface area contributed by atoms with Crippen LogP contribution in [0.25, 0.3) is 0 Å². The van der Waals surface area contributed by atoms with Gasteiger partial charge >= 0.3 is 0 Å². The fraction of sp³-hybridized carbons (Fsp3) is 0.750. The molecule has 1 heterocycles. The Kier molecular flexibility index (Phi) is 2.08. The summed E-state index contributed by atoms with van der Waals surface area (Å²) in [4.78, 5) is 0. The highest BCUT2D eigenvalue weighted by molar-refractivity contribution is 4.81. The van der Waals surface area contributed by atoms with Crippen LogP contribution in [0.2, 0.25) is 0 Å². The Morgan fingerprint density at radius 3 is 2.67 bits per heavy atom. The van der Waals surface area contributed by atoms with Gasteiger partial charge in [0, 0.05) is 12.1 Å². The van der Waals surface area contributed by atoms with E-state index < -0.39 is 0 Å². The van der Waals surface area contributed by atoms with Crippen molar-refractivity contribution in [3.63, 3.8) is 0 Å². The van der Waals surface area contributed by atoms with Crippen LogP contribution in [0.15, 0.2) is 12.7 Å². The van der Waals surface area contributed by atoms with Crippen molar-refractivity contribution in [1.29, 1.82) is 0 Å². The van der Waals surface area contributed by atoms with Crippen LogP contribution in [0.5, 0.6) is 0 Å². The predicted octanol–water partition coefficient (Wildman–Crippen LogP) is 0.720. The van der Waals surface area contributed by atoms with Gasteiger partial charge in [0.1, 0.15) is 12.7 Å². The third kappa shape index (κ3) is 1.48. The first-order valence-corrected chi connectivity index (χ1v) is 4.46. The fourth-order valence-electron chi connectivity index (χ4n) is 1.87. The van der Waals surface area contributed by atoms with Gasteiger partial charge in [0.2, 0.25) is 0 Å². The van der Waals surface area contributed by atoms with Gasteiger partial charge in [-0.3, -0.25) is 0 Å². The summed E-state index contributed by atoms with van der Waals surface area (Å²) in [5.41, 5.74) is 5.88. The standard InChI is InChI=1S/C8H14N4/c9-7-2-1-3-8(4-7)12-5-10-11-6-12/h5-8H,1-4,9H2/t7-,8+/m0/s1. The van der Waals surface area contributed by atoms with Crippen LogP contribution in [0.1, 0.15) is 31.7 Å². The Bertz CT molecular complexity index is 231. The van der Waals surface area contributed by atoms with Gasteiger partial charge in [-0.1, -0.05) is 0 Å². The van der Waals surface area contributed by atoms with Crippen molar-refractivity contribution in [2.24, 2.45) is 5.73 Å². The van der Waals surface area contributed by atoms with Crippen molar-refractivity contribution in [2.45, 2.75) is 37.8 Å². The number of nitrogens with two attached hydrogens (primary N) is 1. The minimum Gasteiger partial charge on any atom is -0.328 e. The molecule has 0 unspecified atom stereocenters. The highest BCUT2D eigenvalue weighted by atomic mass is 15.2. The Hall–Kier alpha value is -0.900. The molecule has 12 heavy (non-hydrogen) atoms. The third-order valence-corrected chi connectivity index (χ3v) is 2.55. The van der Waals surface area contributed by atoms with E-state index >= 15 is 0 Å². The zero-order valence-corrected chi connectivity index (χ0v) is 7.06. The Morgan fingerprint density at radius 2 is 2.00 bits per heavy atom. The molecule has 0 radical (unpaired) electrons. The molecule has 0 bridgehead atoms. The van der Waals surface area contributed by atoms with Gasteiger partial charge in [0.25, 0.3) is 0 Å². The van der Waals surface area contributed by atoms with E-state index in [0.717, 1.165) is 6.42 Å². The summed E-state index contributed by atoms with van der Waals surface area (Å²) in [6.07, 6.45) is 8.23. The lowest BCUT2D eigenvalue weighted by atomic mass is 9.91. The number of aromatic nitrogens is 3. The molecule has 1 aromatic rings. The van der Waals surface area contributed by atoms with Crippen molar-refractivity contribution in [2.75, 3.05) is 0 Å². The first-order valence-electron chi connectivity index (χ1n) is 4.46. The second-order valence-corrected chi connectivity index (χ2v) is 3.49. The lowest BCUT2D eigenvalue weighted by Crippen LogP contribution is -2.28. The number of hydrogen-bond donors (Lipinski definition) is 1. The molecule has 1 fully saturated rings. The van der Waals surface area contributed by atoms with Crippen LogP contribution in [0, 0.1) is 0 Å². The molecule has 66 valence electrons. The molecule has 1 aromatic heterocycles. The van der Waals surface area contributed by atoms with Crippen molar-refractivity contribution < 1.29 is 0 Å².